The standard InChI is InChI=1S/C8H19N/c1-7(5-6-9)8(2,3)4/h7H,5-6,9H2,1-4H3. The molecule has 1 atom stereocenters. The van der Waals surface area contributed by atoms with Crippen LogP contribution in [-0.2, 0) is 0 Å². The number of rotatable bonds is 2. The zero-order chi connectivity index (χ0) is 7.49. The van der Waals surface area contributed by atoms with E-state index in [1.54, 1.807) is 0 Å². The molecule has 0 radical (unpaired) electrons. The zero-order valence-corrected chi connectivity index (χ0v) is 7.07. The zero-order valence-electron chi connectivity index (χ0n) is 7.07. The average molecular weight is 129 g/mol. The summed E-state index contributed by atoms with van der Waals surface area (Å²) in [6.45, 7) is 9.85. The van der Waals surface area contributed by atoms with Crippen molar-refractivity contribution in [2.45, 2.75) is 34.1 Å². The number of hydrogen-bond acceptors (Lipinski definition) is 1. The number of hydrogen-bond donors (Lipinski definition) is 1. The molecule has 0 bridgehead atoms. The minimum atomic E-state index is 0.430. The van der Waals surface area contributed by atoms with E-state index in [1.165, 1.54) is 0 Å². The Kier molecular flexibility index (Phi) is 3.20. The van der Waals surface area contributed by atoms with Crippen LogP contribution in [-0.4, -0.2) is 6.54 Å². The van der Waals surface area contributed by atoms with Gasteiger partial charge in [-0.15, -0.1) is 0 Å². The van der Waals surface area contributed by atoms with Gasteiger partial charge in [-0.05, 0) is 24.3 Å². The van der Waals surface area contributed by atoms with Gasteiger partial charge in [-0.2, -0.15) is 0 Å². The van der Waals surface area contributed by atoms with E-state index in [0.29, 0.717) is 5.41 Å². The summed E-state index contributed by atoms with van der Waals surface area (Å²) in [6.07, 6.45) is 1.14. The molecule has 0 rings (SSSR count). The highest BCUT2D eigenvalue weighted by Gasteiger charge is 2.18. The maximum atomic E-state index is 5.43. The highest BCUT2D eigenvalue weighted by atomic mass is 14.5. The van der Waals surface area contributed by atoms with Crippen LogP contribution < -0.4 is 5.73 Å². The first-order valence-electron chi connectivity index (χ1n) is 3.68. The van der Waals surface area contributed by atoms with Gasteiger partial charge in [-0.25, -0.2) is 0 Å². The van der Waals surface area contributed by atoms with Crippen molar-refractivity contribution in [1.82, 2.24) is 0 Å². The second kappa shape index (κ2) is 3.21. The molecule has 0 amide bonds. The molecular weight excluding hydrogens is 110 g/mol. The van der Waals surface area contributed by atoms with Crippen LogP contribution in [0.25, 0.3) is 0 Å². The van der Waals surface area contributed by atoms with E-state index in [0.717, 1.165) is 18.9 Å². The highest BCUT2D eigenvalue weighted by molar-refractivity contribution is 4.69. The van der Waals surface area contributed by atoms with E-state index < -0.39 is 0 Å². The van der Waals surface area contributed by atoms with E-state index in [2.05, 4.69) is 27.7 Å². The van der Waals surface area contributed by atoms with Crippen LogP contribution in [0.2, 0.25) is 0 Å². The quantitative estimate of drug-likeness (QED) is 0.606. The maximum Gasteiger partial charge on any atom is -0.00745 e. The summed E-state index contributed by atoms with van der Waals surface area (Å²) in [5.41, 5.74) is 5.86. The molecule has 1 unspecified atom stereocenters. The topological polar surface area (TPSA) is 26.0 Å². The van der Waals surface area contributed by atoms with Crippen LogP contribution in [0.4, 0.5) is 0 Å². The SMILES string of the molecule is CC(CCN)C(C)(C)C. The van der Waals surface area contributed by atoms with Gasteiger partial charge >= 0.3 is 0 Å². The lowest BCUT2D eigenvalue weighted by atomic mass is 9.80. The van der Waals surface area contributed by atoms with Crippen LogP contribution in [0.1, 0.15) is 34.1 Å². The van der Waals surface area contributed by atoms with Crippen molar-refractivity contribution in [2.24, 2.45) is 17.1 Å². The van der Waals surface area contributed by atoms with Crippen LogP contribution >= 0.6 is 0 Å². The summed E-state index contributed by atoms with van der Waals surface area (Å²) >= 11 is 0. The Bertz CT molecular complexity index is 71.1. The largest absolute Gasteiger partial charge is 0.330 e. The van der Waals surface area contributed by atoms with E-state index in [1.807, 2.05) is 0 Å². The lowest BCUT2D eigenvalue weighted by Gasteiger charge is -2.26. The summed E-state index contributed by atoms with van der Waals surface area (Å²) in [7, 11) is 0. The minimum Gasteiger partial charge on any atom is -0.330 e. The first-order valence-corrected chi connectivity index (χ1v) is 3.68. The van der Waals surface area contributed by atoms with Gasteiger partial charge in [0, 0.05) is 0 Å². The Hall–Kier alpha value is -0.0400. The number of nitrogens with two attached hydrogens (primary N) is 1. The molecule has 0 saturated heterocycles. The van der Waals surface area contributed by atoms with Gasteiger partial charge in [0.1, 0.15) is 0 Å². The third-order valence-electron chi connectivity index (χ3n) is 2.08. The van der Waals surface area contributed by atoms with Gasteiger partial charge < -0.3 is 5.73 Å². The Morgan fingerprint density at radius 3 is 1.89 bits per heavy atom. The van der Waals surface area contributed by atoms with Crippen LogP contribution in [0, 0.1) is 11.3 Å². The van der Waals surface area contributed by atoms with Crippen molar-refractivity contribution < 1.29 is 0 Å². The molecular formula is C8H19N. The fourth-order valence-electron chi connectivity index (χ4n) is 0.683. The first-order chi connectivity index (χ1) is 3.98. The second-order valence-corrected chi connectivity index (χ2v) is 3.84. The Labute approximate surface area is 58.6 Å². The summed E-state index contributed by atoms with van der Waals surface area (Å²) in [5.74, 6) is 0.738. The molecule has 0 saturated carbocycles. The molecule has 9 heavy (non-hydrogen) atoms. The molecule has 0 aromatic carbocycles. The normalized spacial score (nSPS) is 15.7. The third kappa shape index (κ3) is 3.52. The van der Waals surface area contributed by atoms with Crippen LogP contribution in [0.3, 0.4) is 0 Å². The molecule has 1 nitrogen and oxygen atoms in total. The summed E-state index contributed by atoms with van der Waals surface area (Å²) < 4.78 is 0. The summed E-state index contributed by atoms with van der Waals surface area (Å²) in [6, 6.07) is 0. The Morgan fingerprint density at radius 2 is 1.78 bits per heavy atom. The first kappa shape index (κ1) is 8.96. The van der Waals surface area contributed by atoms with Crippen molar-refractivity contribution in [3.63, 3.8) is 0 Å². The molecule has 0 aliphatic heterocycles. The van der Waals surface area contributed by atoms with E-state index in [9.17, 15) is 0 Å². The van der Waals surface area contributed by atoms with Gasteiger partial charge in [-0.1, -0.05) is 27.7 Å². The molecule has 0 heterocycles. The predicted molar refractivity (Wildman–Crippen MR) is 42.3 cm³/mol. The predicted octanol–water partition coefficient (Wildman–Crippen LogP) is 2.02. The summed E-state index contributed by atoms with van der Waals surface area (Å²) in [4.78, 5) is 0. The average Bonchev–Trinajstić information content (AvgIpc) is 1.64. The summed E-state index contributed by atoms with van der Waals surface area (Å²) in [5, 5.41) is 0. The van der Waals surface area contributed by atoms with Crippen molar-refractivity contribution in [3.05, 3.63) is 0 Å². The van der Waals surface area contributed by atoms with Gasteiger partial charge in [0.15, 0.2) is 0 Å². The molecule has 0 aliphatic carbocycles. The Balaban J connectivity index is 3.59. The monoisotopic (exact) mass is 129 g/mol. The van der Waals surface area contributed by atoms with Gasteiger partial charge in [0.05, 0.1) is 0 Å². The van der Waals surface area contributed by atoms with Crippen LogP contribution in [0.15, 0.2) is 0 Å². The van der Waals surface area contributed by atoms with Gasteiger partial charge in [-0.3, -0.25) is 0 Å². The van der Waals surface area contributed by atoms with Gasteiger partial charge in [0.2, 0.25) is 0 Å². The smallest absolute Gasteiger partial charge is 0.00745 e. The van der Waals surface area contributed by atoms with Crippen molar-refractivity contribution >= 4 is 0 Å². The molecule has 0 aromatic rings. The highest BCUT2D eigenvalue weighted by Crippen LogP contribution is 2.27. The minimum absolute atomic E-state index is 0.430. The third-order valence-corrected chi connectivity index (χ3v) is 2.08. The van der Waals surface area contributed by atoms with Crippen LogP contribution in [0.5, 0.6) is 0 Å². The molecule has 56 valence electrons. The maximum absolute atomic E-state index is 5.43. The molecule has 0 aliphatic rings. The molecule has 0 fully saturated rings. The van der Waals surface area contributed by atoms with Crippen molar-refractivity contribution in [1.29, 1.82) is 0 Å². The molecule has 0 spiro atoms. The molecule has 0 aromatic heterocycles. The van der Waals surface area contributed by atoms with E-state index >= 15 is 0 Å². The fraction of sp³-hybridized carbons (Fsp3) is 1.00. The second-order valence-electron chi connectivity index (χ2n) is 3.84. The lowest BCUT2D eigenvalue weighted by molar-refractivity contribution is 0.250. The van der Waals surface area contributed by atoms with Crippen molar-refractivity contribution in [3.8, 4) is 0 Å². The lowest BCUT2D eigenvalue weighted by Crippen LogP contribution is -2.20. The fourth-order valence-corrected chi connectivity index (χ4v) is 0.683. The van der Waals surface area contributed by atoms with E-state index in [-0.39, 0.29) is 0 Å². The van der Waals surface area contributed by atoms with Gasteiger partial charge in [0.25, 0.3) is 0 Å². The molecule has 2 N–H and O–H groups in total. The van der Waals surface area contributed by atoms with Crippen molar-refractivity contribution in [2.75, 3.05) is 6.54 Å². The molecule has 1 heteroatoms. The Morgan fingerprint density at radius 1 is 1.33 bits per heavy atom. The van der Waals surface area contributed by atoms with E-state index in [4.69, 9.17) is 5.73 Å².